The van der Waals surface area contributed by atoms with E-state index in [-0.39, 0.29) is 0 Å². The first kappa shape index (κ1) is 20.2. The molecule has 0 aliphatic carbocycles. The number of thioether (sulfide) groups is 1. The predicted octanol–water partition coefficient (Wildman–Crippen LogP) is 4.90. The fraction of sp³-hybridized carbons (Fsp3) is 0.0870. The van der Waals surface area contributed by atoms with Crippen molar-refractivity contribution in [3.63, 3.8) is 0 Å². The molecular weight excluding hydrogens is 416 g/mol. The highest BCUT2D eigenvalue weighted by Gasteiger charge is 2.15. The lowest BCUT2D eigenvalue weighted by Gasteiger charge is -2.11. The van der Waals surface area contributed by atoms with Gasteiger partial charge in [0.05, 0.1) is 0 Å². The molecule has 0 unspecified atom stereocenters. The van der Waals surface area contributed by atoms with Crippen LogP contribution in [-0.4, -0.2) is 20.7 Å². The number of carbonyl (C=O) groups is 1. The molecule has 0 fully saturated rings. The molecule has 0 saturated carbocycles. The Labute approximate surface area is 183 Å². The SMILES string of the molecule is NC(=O)c1ccc(CSc2nnc(Cc3ccccc3)n2-c2ccc(Cl)cc2)cc1. The molecule has 0 atom stereocenters. The third kappa shape index (κ3) is 4.72. The lowest BCUT2D eigenvalue weighted by atomic mass is 10.1. The van der Waals surface area contributed by atoms with Crippen molar-refractivity contribution in [1.29, 1.82) is 0 Å². The Hall–Kier alpha value is -3.09. The van der Waals surface area contributed by atoms with Crippen molar-refractivity contribution in [3.8, 4) is 5.69 Å². The van der Waals surface area contributed by atoms with Gasteiger partial charge in [0.25, 0.3) is 0 Å². The second kappa shape index (κ2) is 9.15. The number of aromatic nitrogens is 3. The van der Waals surface area contributed by atoms with Crippen LogP contribution >= 0.6 is 23.4 Å². The third-order valence-corrected chi connectivity index (χ3v) is 5.85. The number of hydrogen-bond donors (Lipinski definition) is 1. The van der Waals surface area contributed by atoms with Gasteiger partial charge in [-0.1, -0.05) is 65.8 Å². The van der Waals surface area contributed by atoms with Gasteiger partial charge in [-0.3, -0.25) is 9.36 Å². The Morgan fingerprint density at radius 2 is 1.60 bits per heavy atom. The lowest BCUT2D eigenvalue weighted by Crippen LogP contribution is -2.10. The van der Waals surface area contributed by atoms with Crippen LogP contribution < -0.4 is 5.73 Å². The minimum absolute atomic E-state index is 0.428. The summed E-state index contributed by atoms with van der Waals surface area (Å²) >= 11 is 7.67. The van der Waals surface area contributed by atoms with E-state index < -0.39 is 5.91 Å². The topological polar surface area (TPSA) is 73.8 Å². The first-order valence-electron chi connectivity index (χ1n) is 9.36. The molecule has 0 bridgehead atoms. The van der Waals surface area contributed by atoms with Crippen molar-refractivity contribution < 1.29 is 4.79 Å². The average Bonchev–Trinajstić information content (AvgIpc) is 3.16. The second-order valence-electron chi connectivity index (χ2n) is 6.72. The highest BCUT2D eigenvalue weighted by molar-refractivity contribution is 7.98. The maximum absolute atomic E-state index is 11.3. The maximum atomic E-state index is 11.3. The smallest absolute Gasteiger partial charge is 0.248 e. The number of rotatable bonds is 7. The zero-order chi connectivity index (χ0) is 20.9. The summed E-state index contributed by atoms with van der Waals surface area (Å²) in [6, 6.07) is 25.1. The highest BCUT2D eigenvalue weighted by Crippen LogP contribution is 2.27. The van der Waals surface area contributed by atoms with Crippen LogP contribution in [0.25, 0.3) is 5.69 Å². The summed E-state index contributed by atoms with van der Waals surface area (Å²) in [7, 11) is 0. The van der Waals surface area contributed by atoms with E-state index in [1.807, 2.05) is 54.6 Å². The van der Waals surface area contributed by atoms with Gasteiger partial charge in [-0.25, -0.2) is 0 Å². The van der Waals surface area contributed by atoms with Crippen LogP contribution in [0.2, 0.25) is 5.02 Å². The number of amides is 1. The molecule has 1 amide bonds. The van der Waals surface area contributed by atoms with E-state index in [9.17, 15) is 4.79 Å². The summed E-state index contributed by atoms with van der Waals surface area (Å²) < 4.78 is 2.06. The van der Waals surface area contributed by atoms with Gasteiger partial charge in [0, 0.05) is 28.4 Å². The van der Waals surface area contributed by atoms with Crippen LogP contribution in [0.4, 0.5) is 0 Å². The van der Waals surface area contributed by atoms with E-state index in [1.165, 1.54) is 5.56 Å². The van der Waals surface area contributed by atoms with Gasteiger partial charge in [-0.2, -0.15) is 0 Å². The van der Waals surface area contributed by atoms with Crippen LogP contribution in [0.3, 0.4) is 0 Å². The van der Waals surface area contributed by atoms with E-state index in [4.69, 9.17) is 17.3 Å². The van der Waals surface area contributed by atoms with Crippen molar-refractivity contribution in [3.05, 3.63) is 106 Å². The van der Waals surface area contributed by atoms with Crippen LogP contribution in [0.15, 0.2) is 84.0 Å². The molecular formula is C23H19ClN4OS. The summed E-state index contributed by atoms with van der Waals surface area (Å²) in [4.78, 5) is 11.3. The standard InChI is InChI=1S/C23H19ClN4OS/c24-19-10-12-20(13-11-19)28-21(14-16-4-2-1-3-5-16)26-27-23(28)30-15-17-6-8-18(9-7-17)22(25)29/h1-13H,14-15H2,(H2,25,29). The van der Waals surface area contributed by atoms with Gasteiger partial charge < -0.3 is 5.73 Å². The zero-order valence-electron chi connectivity index (χ0n) is 16.0. The Balaban J connectivity index is 1.61. The molecule has 30 heavy (non-hydrogen) atoms. The normalized spacial score (nSPS) is 10.8. The molecule has 3 aromatic carbocycles. The fourth-order valence-corrected chi connectivity index (χ4v) is 4.10. The van der Waals surface area contributed by atoms with Gasteiger partial charge in [-0.15, -0.1) is 10.2 Å². The van der Waals surface area contributed by atoms with Crippen LogP contribution in [0.5, 0.6) is 0 Å². The van der Waals surface area contributed by atoms with Crippen molar-refractivity contribution >= 4 is 29.3 Å². The number of nitrogens with zero attached hydrogens (tertiary/aromatic N) is 3. The molecule has 0 aliphatic rings. The minimum Gasteiger partial charge on any atom is -0.366 e. The van der Waals surface area contributed by atoms with E-state index in [1.54, 1.807) is 23.9 Å². The van der Waals surface area contributed by atoms with Crippen molar-refractivity contribution in [1.82, 2.24) is 14.8 Å². The molecule has 5 nitrogen and oxygen atoms in total. The summed E-state index contributed by atoms with van der Waals surface area (Å²) in [6.07, 6.45) is 0.671. The van der Waals surface area contributed by atoms with E-state index in [0.717, 1.165) is 22.2 Å². The zero-order valence-corrected chi connectivity index (χ0v) is 17.6. The number of hydrogen-bond acceptors (Lipinski definition) is 4. The van der Waals surface area contributed by atoms with Crippen LogP contribution in [0.1, 0.15) is 27.3 Å². The Bertz CT molecular complexity index is 1140. The van der Waals surface area contributed by atoms with Gasteiger partial charge in [-0.05, 0) is 47.5 Å². The molecule has 0 aliphatic heterocycles. The van der Waals surface area contributed by atoms with E-state index >= 15 is 0 Å². The maximum Gasteiger partial charge on any atom is 0.248 e. The second-order valence-corrected chi connectivity index (χ2v) is 8.10. The summed E-state index contributed by atoms with van der Waals surface area (Å²) in [6.45, 7) is 0. The van der Waals surface area contributed by atoms with Crippen molar-refractivity contribution in [2.75, 3.05) is 0 Å². The predicted molar refractivity (Wildman–Crippen MR) is 120 cm³/mol. The van der Waals surface area contributed by atoms with E-state index in [0.29, 0.717) is 22.8 Å². The molecule has 1 aromatic heterocycles. The molecule has 0 radical (unpaired) electrons. The first-order chi connectivity index (χ1) is 14.6. The monoisotopic (exact) mass is 434 g/mol. The molecule has 150 valence electrons. The average molecular weight is 435 g/mol. The number of halogens is 1. The fourth-order valence-electron chi connectivity index (χ4n) is 3.05. The van der Waals surface area contributed by atoms with Gasteiger partial charge in [0.1, 0.15) is 5.82 Å². The molecule has 4 aromatic rings. The first-order valence-corrected chi connectivity index (χ1v) is 10.7. The van der Waals surface area contributed by atoms with E-state index in [2.05, 4.69) is 26.9 Å². The van der Waals surface area contributed by atoms with Crippen molar-refractivity contribution in [2.45, 2.75) is 17.3 Å². The molecule has 7 heteroatoms. The van der Waals surface area contributed by atoms with Crippen LogP contribution in [0, 0.1) is 0 Å². The van der Waals surface area contributed by atoms with Gasteiger partial charge in [0.2, 0.25) is 5.91 Å². The number of benzene rings is 3. The Morgan fingerprint density at radius 1 is 0.900 bits per heavy atom. The lowest BCUT2D eigenvalue weighted by molar-refractivity contribution is 0.100. The highest BCUT2D eigenvalue weighted by atomic mass is 35.5. The number of carbonyl (C=O) groups excluding carboxylic acids is 1. The Morgan fingerprint density at radius 3 is 2.27 bits per heavy atom. The van der Waals surface area contributed by atoms with Crippen LogP contribution in [-0.2, 0) is 12.2 Å². The number of primary amides is 1. The van der Waals surface area contributed by atoms with Gasteiger partial charge >= 0.3 is 0 Å². The molecule has 0 spiro atoms. The molecule has 4 rings (SSSR count). The largest absolute Gasteiger partial charge is 0.366 e. The molecule has 1 heterocycles. The summed E-state index contributed by atoms with van der Waals surface area (Å²) in [5, 5.41) is 10.4. The quantitative estimate of drug-likeness (QED) is 0.420. The third-order valence-electron chi connectivity index (χ3n) is 4.60. The molecule has 2 N–H and O–H groups in total. The number of nitrogens with two attached hydrogens (primary N) is 1. The summed E-state index contributed by atoms with van der Waals surface area (Å²) in [5.41, 5.74) is 9.01. The summed E-state index contributed by atoms with van der Waals surface area (Å²) in [5.74, 6) is 1.12. The van der Waals surface area contributed by atoms with Crippen molar-refractivity contribution in [2.24, 2.45) is 5.73 Å². The molecule has 0 saturated heterocycles. The Kier molecular flexibility index (Phi) is 6.16. The minimum atomic E-state index is -0.428. The van der Waals surface area contributed by atoms with Gasteiger partial charge in [0.15, 0.2) is 5.16 Å².